The van der Waals surface area contributed by atoms with Gasteiger partial charge in [0.1, 0.15) is 0 Å². The van der Waals surface area contributed by atoms with Crippen molar-refractivity contribution >= 4 is 27.5 Å². The molecular formula is C14H20BrNO. The van der Waals surface area contributed by atoms with E-state index in [0.717, 1.165) is 23.9 Å². The number of alkyl halides is 1. The van der Waals surface area contributed by atoms with E-state index in [1.807, 2.05) is 7.05 Å². The Kier molecular flexibility index (Phi) is 5.69. The van der Waals surface area contributed by atoms with Crippen LogP contribution < -0.4 is 4.90 Å². The maximum atomic E-state index is 12.0. The van der Waals surface area contributed by atoms with Gasteiger partial charge in [0.2, 0.25) is 5.91 Å². The average molecular weight is 298 g/mol. The molecule has 1 rings (SSSR count). The van der Waals surface area contributed by atoms with Crippen molar-refractivity contribution in [1.29, 1.82) is 0 Å². The first-order valence-electron chi connectivity index (χ1n) is 5.95. The molecule has 0 radical (unpaired) electrons. The minimum Gasteiger partial charge on any atom is -0.315 e. The van der Waals surface area contributed by atoms with Crippen molar-refractivity contribution in [1.82, 2.24) is 0 Å². The van der Waals surface area contributed by atoms with Gasteiger partial charge in [0.25, 0.3) is 0 Å². The molecule has 0 aliphatic carbocycles. The van der Waals surface area contributed by atoms with E-state index in [1.54, 1.807) is 4.90 Å². The smallest absolute Gasteiger partial charge is 0.226 e. The Hall–Kier alpha value is -0.830. The van der Waals surface area contributed by atoms with Gasteiger partial charge in [-0.25, -0.2) is 0 Å². The average Bonchev–Trinajstić information content (AvgIpc) is 2.27. The molecule has 0 N–H and O–H groups in total. The highest BCUT2D eigenvalue weighted by molar-refractivity contribution is 9.09. The number of unbranched alkanes of at least 4 members (excludes halogenated alkanes) is 1. The molecule has 0 heterocycles. The molecule has 1 amide bonds. The monoisotopic (exact) mass is 297 g/mol. The third-order valence-electron chi connectivity index (χ3n) is 2.74. The maximum absolute atomic E-state index is 12.0. The topological polar surface area (TPSA) is 20.3 Å². The van der Waals surface area contributed by atoms with Crippen molar-refractivity contribution in [3.63, 3.8) is 0 Å². The van der Waals surface area contributed by atoms with Gasteiger partial charge in [0, 0.05) is 24.5 Å². The lowest BCUT2D eigenvalue weighted by atomic mass is 10.1. The third kappa shape index (κ3) is 4.50. The zero-order valence-corrected chi connectivity index (χ0v) is 12.4. The molecule has 0 spiro atoms. The molecule has 1 aromatic rings. The molecule has 0 saturated heterocycles. The number of hydrogen-bond acceptors (Lipinski definition) is 1. The number of anilines is 1. The molecule has 0 atom stereocenters. The fourth-order valence-electron chi connectivity index (χ4n) is 1.83. The van der Waals surface area contributed by atoms with Gasteiger partial charge in [-0.3, -0.25) is 4.79 Å². The second kappa shape index (κ2) is 6.80. The summed E-state index contributed by atoms with van der Waals surface area (Å²) in [7, 11) is 1.85. The molecule has 2 nitrogen and oxygen atoms in total. The fraction of sp³-hybridized carbons (Fsp3) is 0.500. The van der Waals surface area contributed by atoms with E-state index in [-0.39, 0.29) is 5.91 Å². The van der Waals surface area contributed by atoms with Gasteiger partial charge in [0.15, 0.2) is 0 Å². The molecule has 0 fully saturated rings. The molecule has 3 heteroatoms. The van der Waals surface area contributed by atoms with Gasteiger partial charge in [-0.2, -0.15) is 0 Å². The van der Waals surface area contributed by atoms with Crippen molar-refractivity contribution in [3.8, 4) is 0 Å². The van der Waals surface area contributed by atoms with Crippen LogP contribution in [0.3, 0.4) is 0 Å². The summed E-state index contributed by atoms with van der Waals surface area (Å²) in [6, 6.07) is 6.22. The number of aryl methyl sites for hydroxylation is 2. The van der Waals surface area contributed by atoms with Crippen LogP contribution in [0.4, 0.5) is 5.69 Å². The Bertz CT molecular complexity index is 370. The van der Waals surface area contributed by atoms with E-state index >= 15 is 0 Å². The molecular weight excluding hydrogens is 278 g/mol. The third-order valence-corrected chi connectivity index (χ3v) is 3.30. The van der Waals surface area contributed by atoms with E-state index in [4.69, 9.17) is 0 Å². The summed E-state index contributed by atoms with van der Waals surface area (Å²) in [4.78, 5) is 13.7. The lowest BCUT2D eigenvalue weighted by Crippen LogP contribution is -2.26. The number of carbonyl (C=O) groups is 1. The minimum absolute atomic E-state index is 0.191. The van der Waals surface area contributed by atoms with Crippen LogP contribution in [0.5, 0.6) is 0 Å². The van der Waals surface area contributed by atoms with Crippen LogP contribution in [0.1, 0.15) is 30.4 Å². The van der Waals surface area contributed by atoms with Gasteiger partial charge < -0.3 is 4.90 Å². The van der Waals surface area contributed by atoms with Gasteiger partial charge in [-0.15, -0.1) is 0 Å². The SMILES string of the molecule is Cc1cc(C)cc(N(C)C(=O)CCCCBr)c1. The largest absolute Gasteiger partial charge is 0.315 e. The number of benzene rings is 1. The van der Waals surface area contributed by atoms with E-state index in [2.05, 4.69) is 48.0 Å². The van der Waals surface area contributed by atoms with E-state index < -0.39 is 0 Å². The van der Waals surface area contributed by atoms with Crippen molar-refractivity contribution in [2.45, 2.75) is 33.1 Å². The van der Waals surface area contributed by atoms with Crippen molar-refractivity contribution in [3.05, 3.63) is 29.3 Å². The number of rotatable bonds is 5. The van der Waals surface area contributed by atoms with Crippen molar-refractivity contribution in [2.75, 3.05) is 17.3 Å². The van der Waals surface area contributed by atoms with Crippen LogP contribution in [0.25, 0.3) is 0 Å². The molecule has 94 valence electrons. The fourth-order valence-corrected chi connectivity index (χ4v) is 2.22. The van der Waals surface area contributed by atoms with Crippen LogP contribution in [-0.2, 0) is 4.79 Å². The summed E-state index contributed by atoms with van der Waals surface area (Å²) in [5, 5.41) is 0.966. The molecule has 0 aliphatic rings. The molecule has 0 aromatic heterocycles. The number of halogens is 1. The molecule has 0 bridgehead atoms. The molecule has 0 unspecified atom stereocenters. The van der Waals surface area contributed by atoms with Crippen LogP contribution in [-0.4, -0.2) is 18.3 Å². The summed E-state index contributed by atoms with van der Waals surface area (Å²) in [5.41, 5.74) is 3.38. The first-order valence-corrected chi connectivity index (χ1v) is 7.07. The second-order valence-corrected chi connectivity index (χ2v) is 5.24. The Balaban J connectivity index is 2.67. The van der Waals surface area contributed by atoms with E-state index in [9.17, 15) is 4.79 Å². The van der Waals surface area contributed by atoms with Crippen LogP contribution in [0, 0.1) is 13.8 Å². The van der Waals surface area contributed by atoms with Crippen LogP contribution in [0.15, 0.2) is 18.2 Å². The van der Waals surface area contributed by atoms with E-state index in [0.29, 0.717) is 6.42 Å². The van der Waals surface area contributed by atoms with E-state index in [1.165, 1.54) is 11.1 Å². The Morgan fingerprint density at radius 2 is 1.76 bits per heavy atom. The predicted molar refractivity (Wildman–Crippen MR) is 77.0 cm³/mol. The summed E-state index contributed by atoms with van der Waals surface area (Å²) in [6.07, 6.45) is 2.61. The lowest BCUT2D eigenvalue weighted by Gasteiger charge is -2.18. The Morgan fingerprint density at radius 1 is 1.18 bits per heavy atom. The van der Waals surface area contributed by atoms with Gasteiger partial charge in [0.05, 0.1) is 0 Å². The highest BCUT2D eigenvalue weighted by atomic mass is 79.9. The number of hydrogen-bond donors (Lipinski definition) is 0. The normalized spacial score (nSPS) is 10.4. The van der Waals surface area contributed by atoms with Gasteiger partial charge >= 0.3 is 0 Å². The lowest BCUT2D eigenvalue weighted by molar-refractivity contribution is -0.118. The highest BCUT2D eigenvalue weighted by Gasteiger charge is 2.10. The van der Waals surface area contributed by atoms with Gasteiger partial charge in [-0.1, -0.05) is 22.0 Å². The Labute approximate surface area is 112 Å². The summed E-state index contributed by atoms with van der Waals surface area (Å²) >= 11 is 3.38. The van der Waals surface area contributed by atoms with Crippen LogP contribution in [0.2, 0.25) is 0 Å². The minimum atomic E-state index is 0.191. The van der Waals surface area contributed by atoms with Crippen LogP contribution >= 0.6 is 15.9 Å². The van der Waals surface area contributed by atoms with Gasteiger partial charge in [-0.05, 0) is 49.9 Å². The zero-order valence-electron chi connectivity index (χ0n) is 10.8. The molecule has 0 aliphatic heterocycles. The zero-order chi connectivity index (χ0) is 12.8. The summed E-state index contributed by atoms with van der Waals surface area (Å²) < 4.78 is 0. The summed E-state index contributed by atoms with van der Waals surface area (Å²) in [5.74, 6) is 0.191. The standard InChI is InChI=1S/C14H20BrNO/c1-11-8-12(2)10-13(9-11)16(3)14(17)6-4-5-7-15/h8-10H,4-7H2,1-3H3. The first-order chi connectivity index (χ1) is 8.04. The molecule has 17 heavy (non-hydrogen) atoms. The quantitative estimate of drug-likeness (QED) is 0.597. The van der Waals surface area contributed by atoms with Crippen molar-refractivity contribution < 1.29 is 4.79 Å². The maximum Gasteiger partial charge on any atom is 0.226 e. The number of nitrogens with zero attached hydrogens (tertiary/aromatic N) is 1. The number of amides is 1. The highest BCUT2D eigenvalue weighted by Crippen LogP contribution is 2.18. The van der Waals surface area contributed by atoms with Crippen molar-refractivity contribution in [2.24, 2.45) is 0 Å². The molecule has 0 saturated carbocycles. The number of carbonyl (C=O) groups excluding carboxylic acids is 1. The predicted octanol–water partition coefficient (Wildman–Crippen LogP) is 3.83. The first kappa shape index (κ1) is 14.2. The summed E-state index contributed by atoms with van der Waals surface area (Å²) in [6.45, 7) is 4.11. The Morgan fingerprint density at radius 3 is 2.29 bits per heavy atom. The second-order valence-electron chi connectivity index (χ2n) is 4.44. The molecule has 1 aromatic carbocycles.